The van der Waals surface area contributed by atoms with E-state index in [9.17, 15) is 14.0 Å². The first-order valence-electron chi connectivity index (χ1n) is 11.6. The molecule has 0 aliphatic carbocycles. The zero-order chi connectivity index (χ0) is 25.7. The maximum Gasteiger partial charge on any atom is 0.246 e. The van der Waals surface area contributed by atoms with Crippen LogP contribution < -0.4 is 5.32 Å². The van der Waals surface area contributed by atoms with Crippen LogP contribution in [0.2, 0.25) is 5.02 Å². The van der Waals surface area contributed by atoms with Gasteiger partial charge in [-0.3, -0.25) is 19.5 Å². The molecule has 1 aromatic heterocycles. The topological polar surface area (TPSA) is 67.2 Å². The number of nitrogens with one attached hydrogen (secondary N) is 1. The standard InChI is InChI=1S/C28H26ClFN4O2/c1-19(2)33(27(36)15-20-9-5-3-6-10-20)18-26(35)32-28-31-25(21-11-7-4-8-12-21)17-34(28)22-13-14-24(30)23(29)16-22/h3-14,16-17,19H,15,18H2,1-2H3,(H,31,32,35). The molecule has 1 heterocycles. The summed E-state index contributed by atoms with van der Waals surface area (Å²) in [6.45, 7) is 3.59. The Bertz CT molecular complexity index is 1360. The van der Waals surface area contributed by atoms with Crippen LogP contribution >= 0.6 is 11.6 Å². The Hall–Kier alpha value is -3.97. The number of halogens is 2. The van der Waals surface area contributed by atoms with E-state index in [0.29, 0.717) is 11.4 Å². The van der Waals surface area contributed by atoms with Crippen molar-refractivity contribution < 1.29 is 14.0 Å². The van der Waals surface area contributed by atoms with Gasteiger partial charge >= 0.3 is 0 Å². The van der Waals surface area contributed by atoms with Gasteiger partial charge in [-0.1, -0.05) is 72.3 Å². The van der Waals surface area contributed by atoms with E-state index in [4.69, 9.17) is 11.6 Å². The lowest BCUT2D eigenvalue weighted by molar-refractivity contribution is -0.135. The van der Waals surface area contributed by atoms with Crippen molar-refractivity contribution in [2.75, 3.05) is 11.9 Å². The summed E-state index contributed by atoms with van der Waals surface area (Å²) >= 11 is 6.01. The molecule has 6 nitrogen and oxygen atoms in total. The molecule has 0 aliphatic heterocycles. The van der Waals surface area contributed by atoms with E-state index in [0.717, 1.165) is 11.1 Å². The lowest BCUT2D eigenvalue weighted by atomic mass is 10.1. The Labute approximate surface area is 214 Å². The monoisotopic (exact) mass is 504 g/mol. The lowest BCUT2D eigenvalue weighted by Gasteiger charge is -2.26. The number of rotatable bonds is 8. The third-order valence-electron chi connectivity index (χ3n) is 5.66. The van der Waals surface area contributed by atoms with Crippen LogP contribution in [0.25, 0.3) is 16.9 Å². The molecule has 0 aliphatic rings. The molecule has 0 spiro atoms. The first kappa shape index (κ1) is 25.1. The van der Waals surface area contributed by atoms with Crippen molar-refractivity contribution >= 4 is 29.4 Å². The fourth-order valence-electron chi connectivity index (χ4n) is 3.80. The first-order valence-corrected chi connectivity index (χ1v) is 11.9. The molecule has 3 aromatic carbocycles. The second kappa shape index (κ2) is 11.2. The van der Waals surface area contributed by atoms with Gasteiger partial charge in [0.2, 0.25) is 17.8 Å². The fraction of sp³-hybridized carbons (Fsp3) is 0.179. The normalized spacial score (nSPS) is 10.9. The molecule has 0 saturated heterocycles. The van der Waals surface area contributed by atoms with Crippen molar-refractivity contribution in [2.45, 2.75) is 26.3 Å². The van der Waals surface area contributed by atoms with Crippen LogP contribution in [0.1, 0.15) is 19.4 Å². The highest BCUT2D eigenvalue weighted by molar-refractivity contribution is 6.30. The second-order valence-electron chi connectivity index (χ2n) is 8.61. The van der Waals surface area contributed by atoms with Crippen LogP contribution in [0.5, 0.6) is 0 Å². The van der Waals surface area contributed by atoms with Gasteiger partial charge in [-0.15, -0.1) is 0 Å². The zero-order valence-corrected chi connectivity index (χ0v) is 20.7. The number of hydrogen-bond donors (Lipinski definition) is 1. The molecule has 0 fully saturated rings. The molecule has 0 unspecified atom stereocenters. The molecule has 4 aromatic rings. The number of benzene rings is 3. The second-order valence-corrected chi connectivity index (χ2v) is 9.02. The van der Waals surface area contributed by atoms with Crippen LogP contribution in [0.3, 0.4) is 0 Å². The van der Waals surface area contributed by atoms with Crippen LogP contribution in [0, 0.1) is 5.82 Å². The van der Waals surface area contributed by atoms with Gasteiger partial charge in [-0.05, 0) is 37.6 Å². The minimum absolute atomic E-state index is 0.0442. The van der Waals surface area contributed by atoms with Gasteiger partial charge < -0.3 is 4.90 Å². The number of anilines is 1. The predicted molar refractivity (Wildman–Crippen MR) is 140 cm³/mol. The van der Waals surface area contributed by atoms with Crippen molar-refractivity contribution in [1.82, 2.24) is 14.5 Å². The number of carbonyl (C=O) groups is 2. The first-order chi connectivity index (χ1) is 17.3. The van der Waals surface area contributed by atoms with Gasteiger partial charge in [0.25, 0.3) is 0 Å². The summed E-state index contributed by atoms with van der Waals surface area (Å²) in [5.74, 6) is -0.852. The zero-order valence-electron chi connectivity index (χ0n) is 20.0. The minimum atomic E-state index is -0.543. The summed E-state index contributed by atoms with van der Waals surface area (Å²) in [6, 6.07) is 23.0. The Morgan fingerprint density at radius 2 is 1.69 bits per heavy atom. The molecule has 0 atom stereocenters. The smallest absolute Gasteiger partial charge is 0.246 e. The molecule has 8 heteroatoms. The molecule has 36 heavy (non-hydrogen) atoms. The summed E-state index contributed by atoms with van der Waals surface area (Å²) in [5, 5.41) is 2.78. The van der Waals surface area contributed by atoms with Crippen molar-refractivity contribution in [3.8, 4) is 16.9 Å². The summed E-state index contributed by atoms with van der Waals surface area (Å²) in [7, 11) is 0. The number of nitrogens with zero attached hydrogens (tertiary/aromatic N) is 3. The maximum atomic E-state index is 13.8. The number of imidazole rings is 1. The highest BCUT2D eigenvalue weighted by atomic mass is 35.5. The Balaban J connectivity index is 1.59. The number of amides is 2. The van der Waals surface area contributed by atoms with E-state index in [1.807, 2.05) is 74.5 Å². The van der Waals surface area contributed by atoms with Crippen molar-refractivity contribution in [1.29, 1.82) is 0 Å². The highest BCUT2D eigenvalue weighted by Crippen LogP contribution is 2.26. The highest BCUT2D eigenvalue weighted by Gasteiger charge is 2.22. The van der Waals surface area contributed by atoms with E-state index in [1.165, 1.54) is 17.0 Å². The summed E-state index contributed by atoms with van der Waals surface area (Å²) in [4.78, 5) is 32.2. The third-order valence-corrected chi connectivity index (χ3v) is 5.95. The quantitative estimate of drug-likeness (QED) is 0.332. The average Bonchev–Trinajstić information content (AvgIpc) is 3.28. The molecule has 4 rings (SSSR count). The van der Waals surface area contributed by atoms with E-state index in [2.05, 4.69) is 10.3 Å². The van der Waals surface area contributed by atoms with Gasteiger partial charge in [0, 0.05) is 17.8 Å². The molecular weight excluding hydrogens is 479 g/mol. The summed E-state index contributed by atoms with van der Waals surface area (Å²) < 4.78 is 15.4. The van der Waals surface area contributed by atoms with Crippen molar-refractivity contribution in [2.24, 2.45) is 0 Å². The van der Waals surface area contributed by atoms with Gasteiger partial charge in [0.05, 0.1) is 22.8 Å². The maximum absolute atomic E-state index is 13.8. The molecule has 184 valence electrons. The summed E-state index contributed by atoms with van der Waals surface area (Å²) in [6.07, 6.45) is 1.95. The average molecular weight is 505 g/mol. The minimum Gasteiger partial charge on any atom is -0.331 e. The predicted octanol–water partition coefficient (Wildman–Crippen LogP) is 5.75. The Kier molecular flexibility index (Phi) is 7.80. The van der Waals surface area contributed by atoms with Gasteiger partial charge in [-0.25, -0.2) is 9.37 Å². The largest absolute Gasteiger partial charge is 0.331 e. The van der Waals surface area contributed by atoms with Crippen molar-refractivity contribution in [3.05, 3.63) is 101 Å². The Morgan fingerprint density at radius 1 is 1.03 bits per heavy atom. The molecule has 0 radical (unpaired) electrons. The number of carbonyl (C=O) groups excluding carboxylic acids is 2. The van der Waals surface area contributed by atoms with Gasteiger partial charge in [-0.2, -0.15) is 0 Å². The Morgan fingerprint density at radius 3 is 2.33 bits per heavy atom. The molecule has 0 bridgehead atoms. The van der Waals surface area contributed by atoms with Crippen LogP contribution in [-0.2, 0) is 16.0 Å². The van der Waals surface area contributed by atoms with E-state index in [-0.39, 0.29) is 35.9 Å². The van der Waals surface area contributed by atoms with Crippen LogP contribution in [-0.4, -0.2) is 38.9 Å². The fourth-order valence-corrected chi connectivity index (χ4v) is 3.97. The van der Waals surface area contributed by atoms with Crippen molar-refractivity contribution in [3.63, 3.8) is 0 Å². The summed E-state index contributed by atoms with van der Waals surface area (Å²) in [5.41, 5.74) is 2.88. The number of hydrogen-bond acceptors (Lipinski definition) is 3. The third kappa shape index (κ3) is 5.98. The van der Waals surface area contributed by atoms with E-state index >= 15 is 0 Å². The molecule has 0 saturated carbocycles. The number of aromatic nitrogens is 2. The van der Waals surface area contributed by atoms with Crippen LogP contribution in [0.15, 0.2) is 85.1 Å². The molecule has 1 N–H and O–H groups in total. The molecular formula is C28H26ClFN4O2. The van der Waals surface area contributed by atoms with Crippen LogP contribution in [0.4, 0.5) is 10.3 Å². The van der Waals surface area contributed by atoms with Gasteiger partial charge in [0.15, 0.2) is 0 Å². The van der Waals surface area contributed by atoms with Gasteiger partial charge in [0.1, 0.15) is 12.4 Å². The SMILES string of the molecule is CC(C)N(CC(=O)Nc1nc(-c2ccccc2)cn1-c1ccc(F)c(Cl)c1)C(=O)Cc1ccccc1. The lowest BCUT2D eigenvalue weighted by Crippen LogP contribution is -2.43. The van der Waals surface area contributed by atoms with E-state index in [1.54, 1.807) is 16.8 Å². The molecule has 2 amide bonds. The van der Waals surface area contributed by atoms with E-state index < -0.39 is 11.7 Å².